The number of rotatable bonds is 2. The van der Waals surface area contributed by atoms with Gasteiger partial charge in [0.05, 0.1) is 0 Å². The predicted molar refractivity (Wildman–Crippen MR) is 56.1 cm³/mol. The molecule has 5 heteroatoms. The van der Waals surface area contributed by atoms with Crippen LogP contribution in [0.4, 0.5) is 13.2 Å². The second kappa shape index (κ2) is 5.37. The summed E-state index contributed by atoms with van der Waals surface area (Å²) in [5.74, 6) is 0. The summed E-state index contributed by atoms with van der Waals surface area (Å²) >= 11 is 0. The molecule has 0 radical (unpaired) electrons. The second-order valence-corrected chi connectivity index (χ2v) is 3.11. The quantitative estimate of drug-likeness (QED) is 0.843. The van der Waals surface area contributed by atoms with Gasteiger partial charge in [-0.05, 0) is 17.5 Å². The molecule has 0 bridgehead atoms. The monoisotopic (exact) mass is 239 g/mol. The van der Waals surface area contributed by atoms with Gasteiger partial charge in [-0.2, -0.15) is 13.2 Å². The lowest BCUT2D eigenvalue weighted by Gasteiger charge is -2.15. The molecule has 1 aromatic carbocycles. The van der Waals surface area contributed by atoms with E-state index in [0.717, 1.165) is 12.0 Å². The van der Waals surface area contributed by atoms with Gasteiger partial charge in [-0.15, -0.1) is 12.4 Å². The van der Waals surface area contributed by atoms with Crippen molar-refractivity contribution in [3.8, 4) is 0 Å². The van der Waals surface area contributed by atoms with Gasteiger partial charge >= 0.3 is 6.18 Å². The Morgan fingerprint density at radius 3 is 2.00 bits per heavy atom. The minimum Gasteiger partial charge on any atom is -0.316 e. The molecule has 0 saturated heterocycles. The zero-order chi connectivity index (χ0) is 10.8. The Morgan fingerprint density at radius 2 is 1.67 bits per heavy atom. The Morgan fingerprint density at radius 1 is 1.20 bits per heavy atom. The molecular weight excluding hydrogens is 227 g/mol. The van der Waals surface area contributed by atoms with Crippen LogP contribution in [0.15, 0.2) is 24.3 Å². The van der Waals surface area contributed by atoms with Crippen LogP contribution in [-0.2, 0) is 6.42 Å². The average Bonchev–Trinajstić information content (AvgIpc) is 2.15. The molecule has 0 aliphatic rings. The molecule has 1 rings (SSSR count). The van der Waals surface area contributed by atoms with Crippen molar-refractivity contribution in [2.24, 2.45) is 5.73 Å². The molecule has 1 nitrogen and oxygen atoms in total. The lowest BCUT2D eigenvalue weighted by Crippen LogP contribution is -2.28. The first kappa shape index (κ1) is 14.3. The summed E-state index contributed by atoms with van der Waals surface area (Å²) in [6, 6.07) is 4.31. The van der Waals surface area contributed by atoms with Crippen LogP contribution in [0.3, 0.4) is 0 Å². The lowest BCUT2D eigenvalue weighted by molar-refractivity contribution is -0.149. The molecule has 0 unspecified atom stereocenters. The molecule has 0 aliphatic carbocycles. The van der Waals surface area contributed by atoms with Crippen molar-refractivity contribution in [1.29, 1.82) is 0 Å². The standard InChI is InChI=1S/C10H12F3N.ClH/c1-2-7-3-5-8(6-4-7)9(14)10(11,12)13;/h3-6,9H,2,14H2,1H3;1H/t9-;/m1./s1. The third kappa shape index (κ3) is 3.72. The second-order valence-electron chi connectivity index (χ2n) is 3.11. The van der Waals surface area contributed by atoms with Crippen molar-refractivity contribution in [3.05, 3.63) is 35.4 Å². The van der Waals surface area contributed by atoms with Crippen LogP contribution in [0.1, 0.15) is 24.1 Å². The van der Waals surface area contributed by atoms with Gasteiger partial charge in [0.1, 0.15) is 6.04 Å². The normalized spacial score (nSPS) is 13.1. The van der Waals surface area contributed by atoms with Crippen molar-refractivity contribution in [1.82, 2.24) is 0 Å². The Hall–Kier alpha value is -0.740. The fraction of sp³-hybridized carbons (Fsp3) is 0.400. The van der Waals surface area contributed by atoms with Crippen LogP contribution in [0, 0.1) is 0 Å². The van der Waals surface area contributed by atoms with Gasteiger partial charge < -0.3 is 5.73 Å². The summed E-state index contributed by atoms with van der Waals surface area (Å²) in [6.07, 6.45) is -3.56. The van der Waals surface area contributed by atoms with Crippen molar-refractivity contribution >= 4 is 12.4 Å². The maximum atomic E-state index is 12.2. The Balaban J connectivity index is 0.00000196. The van der Waals surface area contributed by atoms with E-state index in [1.54, 1.807) is 12.1 Å². The minimum absolute atomic E-state index is 0. The summed E-state index contributed by atoms with van der Waals surface area (Å²) in [7, 11) is 0. The van der Waals surface area contributed by atoms with E-state index < -0.39 is 12.2 Å². The van der Waals surface area contributed by atoms with Crippen LogP contribution in [0.5, 0.6) is 0 Å². The maximum absolute atomic E-state index is 12.2. The average molecular weight is 240 g/mol. The van der Waals surface area contributed by atoms with E-state index in [1.165, 1.54) is 12.1 Å². The fourth-order valence-corrected chi connectivity index (χ4v) is 1.15. The number of aryl methyl sites for hydroxylation is 1. The van der Waals surface area contributed by atoms with Crippen molar-refractivity contribution < 1.29 is 13.2 Å². The highest BCUT2D eigenvalue weighted by molar-refractivity contribution is 5.85. The molecule has 15 heavy (non-hydrogen) atoms. The summed E-state index contributed by atoms with van der Waals surface area (Å²) in [5, 5.41) is 0. The van der Waals surface area contributed by atoms with E-state index >= 15 is 0 Å². The van der Waals surface area contributed by atoms with E-state index in [9.17, 15) is 13.2 Å². The zero-order valence-electron chi connectivity index (χ0n) is 8.21. The van der Waals surface area contributed by atoms with E-state index in [2.05, 4.69) is 0 Å². The highest BCUT2D eigenvalue weighted by atomic mass is 35.5. The molecule has 0 spiro atoms. The van der Waals surface area contributed by atoms with Crippen LogP contribution in [-0.4, -0.2) is 6.18 Å². The molecule has 0 saturated carbocycles. The molecule has 86 valence electrons. The van der Waals surface area contributed by atoms with Crippen LogP contribution in [0.2, 0.25) is 0 Å². The highest BCUT2D eigenvalue weighted by Gasteiger charge is 2.37. The molecule has 1 atom stereocenters. The predicted octanol–water partition coefficient (Wildman–Crippen LogP) is 3.23. The van der Waals surface area contributed by atoms with E-state index in [0.29, 0.717) is 0 Å². The molecule has 2 N–H and O–H groups in total. The molecular formula is C10H13ClF3N. The molecule has 0 amide bonds. The third-order valence-corrected chi connectivity index (χ3v) is 2.10. The summed E-state index contributed by atoms with van der Waals surface area (Å²) in [6.45, 7) is 1.94. The lowest BCUT2D eigenvalue weighted by atomic mass is 10.0. The van der Waals surface area contributed by atoms with Crippen LogP contribution >= 0.6 is 12.4 Å². The molecule has 1 aromatic rings. The van der Waals surface area contributed by atoms with Gasteiger partial charge in [0.25, 0.3) is 0 Å². The molecule has 0 heterocycles. The summed E-state index contributed by atoms with van der Waals surface area (Å²) in [5.41, 5.74) is 6.15. The topological polar surface area (TPSA) is 26.0 Å². The van der Waals surface area contributed by atoms with Gasteiger partial charge in [-0.1, -0.05) is 31.2 Å². The Labute approximate surface area is 92.9 Å². The first-order valence-corrected chi connectivity index (χ1v) is 4.36. The fourth-order valence-electron chi connectivity index (χ4n) is 1.15. The zero-order valence-corrected chi connectivity index (χ0v) is 9.03. The Bertz CT molecular complexity index is 295. The van der Waals surface area contributed by atoms with Gasteiger partial charge in [0, 0.05) is 0 Å². The van der Waals surface area contributed by atoms with Gasteiger partial charge in [0.2, 0.25) is 0 Å². The molecule has 0 aliphatic heterocycles. The number of hydrogen-bond donors (Lipinski definition) is 1. The van der Waals surface area contributed by atoms with Crippen molar-refractivity contribution in [3.63, 3.8) is 0 Å². The third-order valence-electron chi connectivity index (χ3n) is 2.10. The Kier molecular flexibility index (Phi) is 5.11. The van der Waals surface area contributed by atoms with Gasteiger partial charge in [-0.25, -0.2) is 0 Å². The van der Waals surface area contributed by atoms with Crippen molar-refractivity contribution in [2.75, 3.05) is 0 Å². The van der Waals surface area contributed by atoms with Gasteiger partial charge in [0.15, 0.2) is 0 Å². The number of nitrogens with two attached hydrogens (primary N) is 1. The van der Waals surface area contributed by atoms with Gasteiger partial charge in [-0.3, -0.25) is 0 Å². The summed E-state index contributed by atoms with van der Waals surface area (Å²) < 4.78 is 36.6. The highest BCUT2D eigenvalue weighted by Crippen LogP contribution is 2.30. The number of hydrogen-bond acceptors (Lipinski definition) is 1. The first-order chi connectivity index (χ1) is 6.45. The molecule has 0 aromatic heterocycles. The van der Waals surface area contributed by atoms with Crippen molar-refractivity contribution in [2.45, 2.75) is 25.6 Å². The van der Waals surface area contributed by atoms with Crippen LogP contribution in [0.25, 0.3) is 0 Å². The largest absolute Gasteiger partial charge is 0.407 e. The molecule has 0 fully saturated rings. The summed E-state index contributed by atoms with van der Waals surface area (Å²) in [4.78, 5) is 0. The number of halogens is 4. The smallest absolute Gasteiger partial charge is 0.316 e. The SMILES string of the molecule is CCc1ccc([C@@H](N)C(F)(F)F)cc1.Cl. The maximum Gasteiger partial charge on any atom is 0.407 e. The number of alkyl halides is 3. The van der Waals surface area contributed by atoms with Crippen LogP contribution < -0.4 is 5.73 Å². The minimum atomic E-state index is -4.37. The number of benzene rings is 1. The first-order valence-electron chi connectivity index (χ1n) is 4.36. The van der Waals surface area contributed by atoms with E-state index in [1.807, 2.05) is 6.92 Å². The van der Waals surface area contributed by atoms with E-state index in [-0.39, 0.29) is 18.0 Å². The van der Waals surface area contributed by atoms with E-state index in [4.69, 9.17) is 5.73 Å².